The summed E-state index contributed by atoms with van der Waals surface area (Å²) in [5, 5.41) is 0. The molecular weight excluding hydrogens is 349 g/mol. The summed E-state index contributed by atoms with van der Waals surface area (Å²) >= 11 is 2.30. The highest BCUT2D eigenvalue weighted by Crippen LogP contribution is 2.35. The minimum absolute atomic E-state index is 0.0593. The summed E-state index contributed by atoms with van der Waals surface area (Å²) in [4.78, 5) is 2.18. The van der Waals surface area contributed by atoms with Gasteiger partial charge in [0.2, 0.25) is 0 Å². The van der Waals surface area contributed by atoms with Crippen molar-refractivity contribution in [3.8, 4) is 0 Å². The largest absolute Gasteiger partial charge is 0.328 e. The predicted octanol–water partition coefficient (Wildman–Crippen LogP) is 3.21. The lowest BCUT2D eigenvalue weighted by Gasteiger charge is -2.40. The quantitative estimate of drug-likeness (QED) is 0.495. The number of nitrogens with zero attached hydrogens (tertiary/aromatic N) is 1. The van der Waals surface area contributed by atoms with Crippen LogP contribution in [0, 0.1) is 11.6 Å². The zero-order valence-corrected chi connectivity index (χ0v) is 12.4. The van der Waals surface area contributed by atoms with Gasteiger partial charge < -0.3 is 5.73 Å². The molecule has 0 spiro atoms. The van der Waals surface area contributed by atoms with Gasteiger partial charge in [-0.25, -0.2) is 8.78 Å². The normalized spacial score (nSPS) is 27.2. The van der Waals surface area contributed by atoms with E-state index >= 15 is 0 Å². The van der Waals surface area contributed by atoms with E-state index < -0.39 is 5.82 Å². The van der Waals surface area contributed by atoms with E-state index in [2.05, 4.69) is 34.4 Å². The van der Waals surface area contributed by atoms with Crippen molar-refractivity contribution in [2.24, 2.45) is 5.73 Å². The molecule has 0 amide bonds. The van der Waals surface area contributed by atoms with Crippen LogP contribution in [0.5, 0.6) is 0 Å². The van der Waals surface area contributed by atoms with Crippen molar-refractivity contribution < 1.29 is 8.78 Å². The van der Waals surface area contributed by atoms with E-state index in [0.717, 1.165) is 19.0 Å². The molecule has 0 aromatic heterocycles. The molecule has 2 nitrogen and oxygen atoms in total. The molecule has 0 saturated carbocycles. The second-order valence-electron chi connectivity index (χ2n) is 4.78. The van der Waals surface area contributed by atoms with Gasteiger partial charge in [0.25, 0.3) is 0 Å². The first-order valence-corrected chi connectivity index (χ1v) is 7.34. The minimum atomic E-state index is -0.397. The summed E-state index contributed by atoms with van der Waals surface area (Å²) in [5.74, 6) is -0.746. The predicted molar refractivity (Wildman–Crippen MR) is 76.5 cm³/mol. The van der Waals surface area contributed by atoms with Crippen LogP contribution in [-0.4, -0.2) is 21.5 Å². The molecule has 0 bridgehead atoms. The molecule has 1 fully saturated rings. The van der Waals surface area contributed by atoms with Gasteiger partial charge >= 0.3 is 0 Å². The summed E-state index contributed by atoms with van der Waals surface area (Å²) in [6.45, 7) is 2.88. The average molecular weight is 366 g/mol. The molecule has 1 saturated heterocycles. The van der Waals surface area contributed by atoms with Crippen molar-refractivity contribution in [2.45, 2.75) is 35.9 Å². The van der Waals surface area contributed by atoms with Crippen molar-refractivity contribution >= 4 is 22.6 Å². The number of hydrogen-bond donors (Lipinski definition) is 1. The standard InChI is InChI=1S/C13H17F2IN2/c1-8(16)18-5-4-10(17)7-13(18)11-6-9(14)2-3-12(11)15/h2-3,6,8,10,13H,4-5,7,17H2,1H3/t8-,10+,13-/m0/s1. The first-order valence-electron chi connectivity index (χ1n) is 6.09. The summed E-state index contributed by atoms with van der Waals surface area (Å²) in [6, 6.07) is 3.57. The van der Waals surface area contributed by atoms with Gasteiger partial charge in [0.15, 0.2) is 0 Å². The van der Waals surface area contributed by atoms with Crippen LogP contribution in [0.15, 0.2) is 18.2 Å². The fraction of sp³-hybridized carbons (Fsp3) is 0.538. The molecule has 0 radical (unpaired) electrons. The highest BCUT2D eigenvalue weighted by molar-refractivity contribution is 14.1. The lowest BCUT2D eigenvalue weighted by atomic mass is 9.92. The van der Waals surface area contributed by atoms with Gasteiger partial charge in [0.1, 0.15) is 11.6 Å². The van der Waals surface area contributed by atoms with Crippen molar-refractivity contribution in [3.05, 3.63) is 35.4 Å². The zero-order valence-electron chi connectivity index (χ0n) is 10.2. The topological polar surface area (TPSA) is 29.3 Å². The Labute approximate surface area is 120 Å². The van der Waals surface area contributed by atoms with Gasteiger partial charge in [0, 0.05) is 24.2 Å². The van der Waals surface area contributed by atoms with Crippen LogP contribution in [0.1, 0.15) is 31.4 Å². The number of piperidine rings is 1. The monoisotopic (exact) mass is 366 g/mol. The van der Waals surface area contributed by atoms with Crippen LogP contribution in [0.25, 0.3) is 0 Å². The Morgan fingerprint density at radius 3 is 2.83 bits per heavy atom. The molecule has 1 aromatic carbocycles. The Hall–Kier alpha value is -0.270. The van der Waals surface area contributed by atoms with E-state index in [1.165, 1.54) is 12.1 Å². The number of alkyl halides is 1. The molecule has 1 heterocycles. The Balaban J connectivity index is 2.34. The Morgan fingerprint density at radius 2 is 2.17 bits per heavy atom. The first kappa shape index (κ1) is 14.1. The maximum Gasteiger partial charge on any atom is 0.128 e. The average Bonchev–Trinajstić information content (AvgIpc) is 2.31. The van der Waals surface area contributed by atoms with E-state index in [0.29, 0.717) is 12.0 Å². The van der Waals surface area contributed by atoms with E-state index in [1.807, 2.05) is 0 Å². The van der Waals surface area contributed by atoms with Gasteiger partial charge in [0.05, 0.1) is 4.05 Å². The number of nitrogens with two attached hydrogens (primary N) is 1. The molecule has 18 heavy (non-hydrogen) atoms. The molecule has 5 heteroatoms. The molecule has 1 aromatic rings. The molecule has 0 aliphatic carbocycles. The van der Waals surface area contributed by atoms with Crippen LogP contribution < -0.4 is 5.73 Å². The second-order valence-corrected chi connectivity index (χ2v) is 6.58. The number of rotatable bonds is 2. The molecule has 3 atom stereocenters. The van der Waals surface area contributed by atoms with Crippen molar-refractivity contribution in [1.82, 2.24) is 4.90 Å². The summed E-state index contributed by atoms with van der Waals surface area (Å²) in [6.07, 6.45) is 1.58. The first-order chi connectivity index (χ1) is 8.49. The third-order valence-corrected chi connectivity index (χ3v) is 4.17. The molecule has 1 aliphatic heterocycles. The maximum atomic E-state index is 13.9. The maximum absolute atomic E-state index is 13.9. The van der Waals surface area contributed by atoms with Crippen LogP contribution in [0.4, 0.5) is 8.78 Å². The zero-order chi connectivity index (χ0) is 13.3. The summed E-state index contributed by atoms with van der Waals surface area (Å²) in [7, 11) is 0. The summed E-state index contributed by atoms with van der Waals surface area (Å²) in [5.41, 5.74) is 6.39. The minimum Gasteiger partial charge on any atom is -0.328 e. The molecule has 0 unspecified atom stereocenters. The molecule has 2 N–H and O–H groups in total. The number of halogens is 3. The Bertz CT molecular complexity index is 425. The molecular formula is C13H17F2IN2. The third kappa shape index (κ3) is 3.00. The van der Waals surface area contributed by atoms with Gasteiger partial charge in [-0.15, -0.1) is 0 Å². The molecule has 2 rings (SSSR count). The van der Waals surface area contributed by atoms with Crippen LogP contribution in [0.3, 0.4) is 0 Å². The van der Waals surface area contributed by atoms with Gasteiger partial charge in [-0.3, -0.25) is 4.90 Å². The fourth-order valence-corrected chi connectivity index (χ4v) is 3.18. The van der Waals surface area contributed by atoms with E-state index in [-0.39, 0.29) is 21.9 Å². The molecule has 100 valence electrons. The van der Waals surface area contributed by atoms with E-state index in [4.69, 9.17) is 5.73 Å². The lowest BCUT2D eigenvalue weighted by Crippen LogP contribution is -2.44. The molecule has 1 aliphatic rings. The second kappa shape index (κ2) is 5.79. The van der Waals surface area contributed by atoms with Crippen molar-refractivity contribution in [3.63, 3.8) is 0 Å². The van der Waals surface area contributed by atoms with Crippen LogP contribution in [0.2, 0.25) is 0 Å². The number of hydrogen-bond acceptors (Lipinski definition) is 2. The van der Waals surface area contributed by atoms with Gasteiger partial charge in [-0.05, 0) is 38.0 Å². The van der Waals surface area contributed by atoms with Gasteiger partial charge in [-0.1, -0.05) is 22.6 Å². The summed E-state index contributed by atoms with van der Waals surface area (Å²) < 4.78 is 27.5. The van der Waals surface area contributed by atoms with Gasteiger partial charge in [-0.2, -0.15) is 0 Å². The lowest BCUT2D eigenvalue weighted by molar-refractivity contribution is 0.133. The van der Waals surface area contributed by atoms with Crippen molar-refractivity contribution in [1.29, 1.82) is 0 Å². The van der Waals surface area contributed by atoms with E-state index in [9.17, 15) is 8.78 Å². The number of benzene rings is 1. The van der Waals surface area contributed by atoms with Crippen LogP contribution >= 0.6 is 22.6 Å². The number of likely N-dealkylation sites (tertiary alicyclic amines) is 1. The van der Waals surface area contributed by atoms with E-state index in [1.54, 1.807) is 0 Å². The SMILES string of the molecule is C[C@@H](I)N1CC[C@@H](N)C[C@H]1c1cc(F)ccc1F. The highest BCUT2D eigenvalue weighted by atomic mass is 127. The highest BCUT2D eigenvalue weighted by Gasteiger charge is 2.31. The fourth-order valence-electron chi connectivity index (χ4n) is 2.51. The smallest absolute Gasteiger partial charge is 0.128 e. The Morgan fingerprint density at radius 1 is 1.44 bits per heavy atom. The third-order valence-electron chi connectivity index (χ3n) is 3.46. The van der Waals surface area contributed by atoms with Crippen LogP contribution in [-0.2, 0) is 0 Å². The Kier molecular flexibility index (Phi) is 4.55. The van der Waals surface area contributed by atoms with Crippen molar-refractivity contribution in [2.75, 3.05) is 6.54 Å².